The minimum atomic E-state index is -0.131. The molecule has 0 aliphatic heterocycles. The SMILES string of the molecule is COc1ccc(Br)c(C(Cc2nnn(C)n2)NN)c1. The highest BCUT2D eigenvalue weighted by molar-refractivity contribution is 9.10. The van der Waals surface area contributed by atoms with E-state index in [2.05, 4.69) is 36.8 Å². The maximum Gasteiger partial charge on any atom is 0.176 e. The van der Waals surface area contributed by atoms with Crippen LogP contribution in [0.1, 0.15) is 17.4 Å². The van der Waals surface area contributed by atoms with Gasteiger partial charge in [0.1, 0.15) is 5.75 Å². The Morgan fingerprint density at radius 1 is 1.53 bits per heavy atom. The van der Waals surface area contributed by atoms with Gasteiger partial charge >= 0.3 is 0 Å². The van der Waals surface area contributed by atoms with Crippen LogP contribution in [-0.4, -0.2) is 27.3 Å². The molecule has 1 aromatic heterocycles. The number of methoxy groups -OCH3 is 1. The van der Waals surface area contributed by atoms with Crippen LogP contribution in [0.4, 0.5) is 0 Å². The Kier molecular flexibility index (Phi) is 4.46. The van der Waals surface area contributed by atoms with E-state index in [1.165, 1.54) is 4.80 Å². The number of benzene rings is 1. The van der Waals surface area contributed by atoms with Gasteiger partial charge in [-0.05, 0) is 29.0 Å². The van der Waals surface area contributed by atoms with Crippen LogP contribution in [0.5, 0.6) is 5.75 Å². The molecule has 2 rings (SSSR count). The van der Waals surface area contributed by atoms with Gasteiger partial charge in [0, 0.05) is 10.9 Å². The standard InChI is InChI=1S/C11H15BrN6O/c1-18-16-11(15-17-18)6-10(14-13)8-5-7(19-2)3-4-9(8)12/h3-5,10,14H,6,13H2,1-2H3. The molecule has 0 fully saturated rings. The Balaban J connectivity index is 2.26. The first-order valence-electron chi connectivity index (χ1n) is 5.66. The second kappa shape index (κ2) is 6.09. The van der Waals surface area contributed by atoms with Crippen LogP contribution in [0.25, 0.3) is 0 Å². The van der Waals surface area contributed by atoms with Crippen LogP contribution in [0.15, 0.2) is 22.7 Å². The number of tetrazole rings is 1. The number of nitrogens with two attached hydrogens (primary N) is 1. The summed E-state index contributed by atoms with van der Waals surface area (Å²) in [4.78, 5) is 1.42. The molecule has 0 saturated carbocycles. The molecule has 0 bridgehead atoms. The number of rotatable bonds is 5. The summed E-state index contributed by atoms with van der Waals surface area (Å²) in [7, 11) is 3.35. The summed E-state index contributed by atoms with van der Waals surface area (Å²) in [6.45, 7) is 0. The van der Waals surface area contributed by atoms with Gasteiger partial charge in [-0.2, -0.15) is 4.80 Å². The van der Waals surface area contributed by atoms with Crippen LogP contribution in [0.3, 0.4) is 0 Å². The van der Waals surface area contributed by atoms with Gasteiger partial charge in [-0.1, -0.05) is 15.9 Å². The molecule has 1 aromatic carbocycles. The highest BCUT2D eigenvalue weighted by Gasteiger charge is 2.17. The van der Waals surface area contributed by atoms with Gasteiger partial charge in [0.2, 0.25) is 0 Å². The van der Waals surface area contributed by atoms with Crippen molar-refractivity contribution in [2.45, 2.75) is 12.5 Å². The number of hydrogen-bond acceptors (Lipinski definition) is 6. The minimum absolute atomic E-state index is 0.131. The largest absolute Gasteiger partial charge is 0.497 e. The Labute approximate surface area is 119 Å². The molecule has 19 heavy (non-hydrogen) atoms. The lowest BCUT2D eigenvalue weighted by atomic mass is 10.0. The fourth-order valence-electron chi connectivity index (χ4n) is 1.76. The average Bonchev–Trinajstić information content (AvgIpc) is 2.82. The molecule has 3 N–H and O–H groups in total. The van der Waals surface area contributed by atoms with E-state index in [-0.39, 0.29) is 6.04 Å². The predicted octanol–water partition coefficient (Wildman–Crippen LogP) is 0.728. The van der Waals surface area contributed by atoms with Gasteiger partial charge in [0.15, 0.2) is 5.82 Å². The molecule has 0 saturated heterocycles. The molecule has 0 amide bonds. The number of aryl methyl sites for hydroxylation is 1. The molecule has 2 aromatic rings. The normalized spacial score (nSPS) is 12.4. The van der Waals surface area contributed by atoms with E-state index in [0.717, 1.165) is 15.8 Å². The van der Waals surface area contributed by atoms with Crippen LogP contribution in [0, 0.1) is 0 Å². The number of ether oxygens (including phenoxy) is 1. The second-order valence-corrected chi connectivity index (χ2v) is 4.86. The lowest BCUT2D eigenvalue weighted by Gasteiger charge is -2.17. The van der Waals surface area contributed by atoms with Gasteiger partial charge in [0.05, 0.1) is 20.2 Å². The van der Waals surface area contributed by atoms with Gasteiger partial charge in [-0.3, -0.25) is 11.3 Å². The van der Waals surface area contributed by atoms with Crippen molar-refractivity contribution >= 4 is 15.9 Å². The molecule has 8 heteroatoms. The molecule has 0 spiro atoms. The van der Waals surface area contributed by atoms with Crippen molar-refractivity contribution < 1.29 is 4.74 Å². The highest BCUT2D eigenvalue weighted by Crippen LogP contribution is 2.28. The first-order valence-corrected chi connectivity index (χ1v) is 6.45. The third-order valence-electron chi connectivity index (χ3n) is 2.72. The number of halogens is 1. The maximum absolute atomic E-state index is 5.63. The summed E-state index contributed by atoms with van der Waals surface area (Å²) in [5.41, 5.74) is 3.75. The average molecular weight is 327 g/mol. The quantitative estimate of drug-likeness (QED) is 0.621. The number of nitrogens with zero attached hydrogens (tertiary/aromatic N) is 4. The molecule has 0 aliphatic carbocycles. The lowest BCUT2D eigenvalue weighted by molar-refractivity contribution is 0.412. The van der Waals surface area contributed by atoms with E-state index in [1.807, 2.05) is 18.2 Å². The van der Waals surface area contributed by atoms with E-state index < -0.39 is 0 Å². The molecular weight excluding hydrogens is 312 g/mol. The van der Waals surface area contributed by atoms with Crippen molar-refractivity contribution in [2.24, 2.45) is 12.9 Å². The topological polar surface area (TPSA) is 90.9 Å². The van der Waals surface area contributed by atoms with Crippen molar-refractivity contribution in [3.05, 3.63) is 34.1 Å². The number of aromatic nitrogens is 4. The van der Waals surface area contributed by atoms with E-state index in [4.69, 9.17) is 10.6 Å². The molecule has 1 heterocycles. The van der Waals surface area contributed by atoms with Gasteiger partial charge in [-0.15, -0.1) is 10.2 Å². The number of hydrazine groups is 1. The van der Waals surface area contributed by atoms with Crippen LogP contribution in [0.2, 0.25) is 0 Å². The second-order valence-electron chi connectivity index (χ2n) is 4.01. The molecule has 0 aliphatic rings. The monoisotopic (exact) mass is 326 g/mol. The van der Waals surface area contributed by atoms with Crippen molar-refractivity contribution in [3.8, 4) is 5.75 Å². The van der Waals surface area contributed by atoms with Crippen LogP contribution < -0.4 is 16.0 Å². The molecular formula is C11H15BrN6O. The van der Waals surface area contributed by atoms with Crippen molar-refractivity contribution in [3.63, 3.8) is 0 Å². The third kappa shape index (κ3) is 3.28. The molecule has 0 radical (unpaired) electrons. The summed E-state index contributed by atoms with van der Waals surface area (Å²) in [5.74, 6) is 7.02. The third-order valence-corrected chi connectivity index (χ3v) is 3.44. The Hall–Kier alpha value is -1.51. The van der Waals surface area contributed by atoms with Crippen molar-refractivity contribution in [2.75, 3.05) is 7.11 Å². The van der Waals surface area contributed by atoms with E-state index in [1.54, 1.807) is 14.2 Å². The van der Waals surface area contributed by atoms with Crippen LogP contribution in [-0.2, 0) is 13.5 Å². The molecule has 1 atom stereocenters. The maximum atomic E-state index is 5.63. The minimum Gasteiger partial charge on any atom is -0.497 e. The zero-order valence-corrected chi connectivity index (χ0v) is 12.3. The van der Waals surface area contributed by atoms with E-state index in [0.29, 0.717) is 12.2 Å². The molecule has 102 valence electrons. The first-order chi connectivity index (χ1) is 9.13. The Bertz CT molecular complexity index is 558. The summed E-state index contributed by atoms with van der Waals surface area (Å²) >= 11 is 3.51. The fourth-order valence-corrected chi connectivity index (χ4v) is 2.29. The number of hydrogen-bond donors (Lipinski definition) is 2. The summed E-state index contributed by atoms with van der Waals surface area (Å²) < 4.78 is 6.17. The molecule has 1 unspecified atom stereocenters. The van der Waals surface area contributed by atoms with Gasteiger partial charge in [-0.25, -0.2) is 0 Å². The van der Waals surface area contributed by atoms with Crippen molar-refractivity contribution in [1.29, 1.82) is 0 Å². The smallest absolute Gasteiger partial charge is 0.176 e. The summed E-state index contributed by atoms with van der Waals surface area (Å²) in [6.07, 6.45) is 0.538. The van der Waals surface area contributed by atoms with Crippen LogP contribution >= 0.6 is 15.9 Å². The Morgan fingerprint density at radius 3 is 2.89 bits per heavy atom. The Morgan fingerprint density at radius 2 is 2.32 bits per heavy atom. The zero-order valence-electron chi connectivity index (χ0n) is 10.7. The highest BCUT2D eigenvalue weighted by atomic mass is 79.9. The van der Waals surface area contributed by atoms with E-state index in [9.17, 15) is 0 Å². The fraction of sp³-hybridized carbons (Fsp3) is 0.364. The zero-order chi connectivity index (χ0) is 13.8. The summed E-state index contributed by atoms with van der Waals surface area (Å²) in [5, 5.41) is 11.9. The van der Waals surface area contributed by atoms with Gasteiger partial charge < -0.3 is 4.74 Å². The van der Waals surface area contributed by atoms with Crippen molar-refractivity contribution in [1.82, 2.24) is 25.6 Å². The first kappa shape index (κ1) is 13.9. The summed E-state index contributed by atoms with van der Waals surface area (Å²) in [6, 6.07) is 5.59. The lowest BCUT2D eigenvalue weighted by Crippen LogP contribution is -2.30. The predicted molar refractivity (Wildman–Crippen MR) is 73.3 cm³/mol. The van der Waals surface area contributed by atoms with Gasteiger partial charge in [0.25, 0.3) is 0 Å². The molecule has 7 nitrogen and oxygen atoms in total. The number of nitrogens with one attached hydrogen (secondary N) is 1. The van der Waals surface area contributed by atoms with E-state index >= 15 is 0 Å².